The summed E-state index contributed by atoms with van der Waals surface area (Å²) in [7, 11) is 1.48. The van der Waals surface area contributed by atoms with Crippen LogP contribution in [-0.2, 0) is 11.8 Å². The standard InChI is InChI=1S/C13H13FN2O3/c1-4-19-13(18)9-5-8-6-10(14)7(2)15-11(8)16(3)12(9)17/h5-6H,4H2,1-3H3. The topological polar surface area (TPSA) is 61.2 Å². The van der Waals surface area contributed by atoms with Crippen molar-refractivity contribution in [2.75, 3.05) is 6.61 Å². The number of esters is 1. The van der Waals surface area contributed by atoms with Crippen molar-refractivity contribution in [2.24, 2.45) is 7.05 Å². The fourth-order valence-electron chi connectivity index (χ4n) is 1.81. The molecule has 0 amide bonds. The number of fused-ring (bicyclic) bond motifs is 1. The summed E-state index contributed by atoms with van der Waals surface area (Å²) in [6, 6.07) is 2.56. The van der Waals surface area contributed by atoms with E-state index in [1.165, 1.54) is 30.7 Å². The van der Waals surface area contributed by atoms with E-state index in [4.69, 9.17) is 4.74 Å². The minimum Gasteiger partial charge on any atom is -0.462 e. The molecule has 0 aliphatic carbocycles. The van der Waals surface area contributed by atoms with Gasteiger partial charge in [-0.25, -0.2) is 14.2 Å². The summed E-state index contributed by atoms with van der Waals surface area (Å²) < 4.78 is 19.5. The number of hydrogen-bond acceptors (Lipinski definition) is 4. The number of carbonyl (C=O) groups is 1. The smallest absolute Gasteiger partial charge is 0.343 e. The van der Waals surface area contributed by atoms with Crippen LogP contribution in [0, 0.1) is 12.7 Å². The van der Waals surface area contributed by atoms with Gasteiger partial charge in [0, 0.05) is 12.4 Å². The highest BCUT2D eigenvalue weighted by molar-refractivity contribution is 5.93. The van der Waals surface area contributed by atoms with Crippen molar-refractivity contribution in [1.29, 1.82) is 0 Å². The van der Waals surface area contributed by atoms with Gasteiger partial charge in [0.2, 0.25) is 0 Å². The highest BCUT2D eigenvalue weighted by Crippen LogP contribution is 2.15. The quantitative estimate of drug-likeness (QED) is 0.772. The Labute approximate surface area is 108 Å². The molecule has 0 saturated heterocycles. The number of hydrogen-bond donors (Lipinski definition) is 0. The normalized spacial score (nSPS) is 10.7. The molecule has 2 rings (SSSR count). The second kappa shape index (κ2) is 4.79. The first-order chi connectivity index (χ1) is 8.95. The van der Waals surface area contributed by atoms with Crippen LogP contribution in [0.25, 0.3) is 11.0 Å². The zero-order valence-electron chi connectivity index (χ0n) is 10.9. The second-order valence-corrected chi connectivity index (χ2v) is 4.11. The molecule has 0 spiro atoms. The molecule has 2 aromatic rings. The van der Waals surface area contributed by atoms with E-state index >= 15 is 0 Å². The zero-order chi connectivity index (χ0) is 14.2. The summed E-state index contributed by atoms with van der Waals surface area (Å²) in [6.07, 6.45) is 0. The molecule has 0 atom stereocenters. The molecule has 0 aliphatic heterocycles. The lowest BCUT2D eigenvalue weighted by Gasteiger charge is -2.08. The summed E-state index contributed by atoms with van der Waals surface area (Å²) in [5.41, 5.74) is -0.102. The van der Waals surface area contributed by atoms with Crippen LogP contribution >= 0.6 is 0 Å². The third-order valence-electron chi connectivity index (χ3n) is 2.81. The van der Waals surface area contributed by atoms with Crippen LogP contribution in [0.2, 0.25) is 0 Å². The molecule has 2 aromatic heterocycles. The van der Waals surface area contributed by atoms with E-state index in [1.807, 2.05) is 0 Å². The SMILES string of the molecule is CCOC(=O)c1cc2cc(F)c(C)nc2n(C)c1=O. The lowest BCUT2D eigenvalue weighted by atomic mass is 10.2. The first-order valence-electron chi connectivity index (χ1n) is 5.79. The summed E-state index contributed by atoms with van der Waals surface area (Å²) in [4.78, 5) is 27.7. The lowest BCUT2D eigenvalue weighted by Crippen LogP contribution is -2.26. The highest BCUT2D eigenvalue weighted by atomic mass is 19.1. The molecular formula is C13H13FN2O3. The van der Waals surface area contributed by atoms with Gasteiger partial charge in [0.15, 0.2) is 0 Å². The fourth-order valence-corrected chi connectivity index (χ4v) is 1.81. The molecule has 0 aliphatic rings. The maximum absolute atomic E-state index is 13.5. The van der Waals surface area contributed by atoms with Crippen LogP contribution in [0.3, 0.4) is 0 Å². The van der Waals surface area contributed by atoms with E-state index in [9.17, 15) is 14.0 Å². The highest BCUT2D eigenvalue weighted by Gasteiger charge is 2.16. The number of carbonyl (C=O) groups excluding carboxylic acids is 1. The van der Waals surface area contributed by atoms with E-state index < -0.39 is 17.3 Å². The molecule has 2 heterocycles. The maximum atomic E-state index is 13.5. The zero-order valence-corrected chi connectivity index (χ0v) is 10.9. The predicted octanol–water partition coefficient (Wildman–Crippen LogP) is 1.56. The Morgan fingerprint density at radius 1 is 1.47 bits per heavy atom. The number of aryl methyl sites for hydroxylation is 2. The Morgan fingerprint density at radius 3 is 2.79 bits per heavy atom. The number of rotatable bonds is 2. The number of halogens is 1. The Morgan fingerprint density at radius 2 is 2.16 bits per heavy atom. The van der Waals surface area contributed by atoms with Crippen molar-refractivity contribution < 1.29 is 13.9 Å². The average Bonchev–Trinajstić information content (AvgIpc) is 2.36. The molecule has 0 radical (unpaired) electrons. The van der Waals surface area contributed by atoms with Crippen LogP contribution in [0.1, 0.15) is 23.0 Å². The molecule has 0 bridgehead atoms. The summed E-state index contributed by atoms with van der Waals surface area (Å²) in [5, 5.41) is 0.383. The monoisotopic (exact) mass is 264 g/mol. The molecule has 0 N–H and O–H groups in total. The molecular weight excluding hydrogens is 251 g/mol. The first kappa shape index (κ1) is 13.2. The van der Waals surface area contributed by atoms with Crippen molar-refractivity contribution in [3.05, 3.63) is 39.6 Å². The Bertz CT molecular complexity index is 722. The Hall–Kier alpha value is -2.24. The fraction of sp³-hybridized carbons (Fsp3) is 0.308. The van der Waals surface area contributed by atoms with Gasteiger partial charge in [-0.2, -0.15) is 0 Å². The molecule has 19 heavy (non-hydrogen) atoms. The maximum Gasteiger partial charge on any atom is 0.343 e. The molecule has 0 fully saturated rings. The van der Waals surface area contributed by atoms with E-state index in [0.717, 1.165) is 0 Å². The summed E-state index contributed by atoms with van der Waals surface area (Å²) in [5.74, 6) is -1.20. The number of nitrogens with zero attached hydrogens (tertiary/aromatic N) is 2. The molecule has 0 aromatic carbocycles. The van der Waals surface area contributed by atoms with E-state index in [1.54, 1.807) is 6.92 Å². The van der Waals surface area contributed by atoms with Gasteiger partial charge in [0.05, 0.1) is 12.3 Å². The van der Waals surface area contributed by atoms with Crippen molar-refractivity contribution >= 4 is 17.0 Å². The van der Waals surface area contributed by atoms with Gasteiger partial charge in [0.1, 0.15) is 17.0 Å². The van der Waals surface area contributed by atoms with Crippen molar-refractivity contribution in [2.45, 2.75) is 13.8 Å². The second-order valence-electron chi connectivity index (χ2n) is 4.11. The minimum atomic E-state index is -0.717. The molecule has 0 unspecified atom stereocenters. The van der Waals surface area contributed by atoms with Crippen LogP contribution in [-0.4, -0.2) is 22.1 Å². The predicted molar refractivity (Wildman–Crippen MR) is 67.6 cm³/mol. The van der Waals surface area contributed by atoms with Gasteiger partial charge in [-0.15, -0.1) is 0 Å². The van der Waals surface area contributed by atoms with Gasteiger partial charge in [-0.05, 0) is 26.0 Å². The third-order valence-corrected chi connectivity index (χ3v) is 2.81. The average molecular weight is 264 g/mol. The Kier molecular flexibility index (Phi) is 3.33. The molecule has 5 nitrogen and oxygen atoms in total. The Balaban J connectivity index is 2.76. The molecule has 0 saturated carbocycles. The van der Waals surface area contributed by atoms with E-state index in [2.05, 4.69) is 4.98 Å². The number of pyridine rings is 2. The minimum absolute atomic E-state index is 0.123. The summed E-state index contributed by atoms with van der Waals surface area (Å²) in [6.45, 7) is 3.33. The van der Waals surface area contributed by atoms with Gasteiger partial charge in [0.25, 0.3) is 5.56 Å². The van der Waals surface area contributed by atoms with Crippen molar-refractivity contribution in [3.8, 4) is 0 Å². The van der Waals surface area contributed by atoms with Crippen molar-refractivity contribution in [1.82, 2.24) is 9.55 Å². The van der Waals surface area contributed by atoms with E-state index in [0.29, 0.717) is 11.0 Å². The number of ether oxygens (including phenoxy) is 1. The van der Waals surface area contributed by atoms with Crippen LogP contribution in [0.5, 0.6) is 0 Å². The van der Waals surface area contributed by atoms with Gasteiger partial charge < -0.3 is 4.74 Å². The van der Waals surface area contributed by atoms with Crippen molar-refractivity contribution in [3.63, 3.8) is 0 Å². The number of aromatic nitrogens is 2. The van der Waals surface area contributed by atoms with Gasteiger partial charge in [-0.1, -0.05) is 0 Å². The van der Waals surface area contributed by atoms with Crippen LogP contribution in [0.4, 0.5) is 4.39 Å². The van der Waals surface area contributed by atoms with Crippen LogP contribution < -0.4 is 5.56 Å². The third kappa shape index (κ3) is 2.21. The first-order valence-corrected chi connectivity index (χ1v) is 5.79. The summed E-state index contributed by atoms with van der Waals surface area (Å²) >= 11 is 0. The van der Waals surface area contributed by atoms with Gasteiger partial charge >= 0.3 is 5.97 Å². The molecule has 6 heteroatoms. The van der Waals surface area contributed by atoms with Gasteiger partial charge in [-0.3, -0.25) is 9.36 Å². The largest absolute Gasteiger partial charge is 0.462 e. The van der Waals surface area contributed by atoms with Crippen LogP contribution in [0.15, 0.2) is 16.9 Å². The van der Waals surface area contributed by atoms with E-state index in [-0.39, 0.29) is 17.9 Å². The lowest BCUT2D eigenvalue weighted by molar-refractivity contribution is 0.0524. The molecule has 100 valence electrons.